The second kappa shape index (κ2) is 3.81. The highest BCUT2D eigenvalue weighted by Gasteiger charge is 2.19. The highest BCUT2D eigenvalue weighted by molar-refractivity contribution is 7.99. The molecule has 1 aliphatic heterocycles. The van der Waals surface area contributed by atoms with Crippen LogP contribution in [0, 0.1) is 5.41 Å². The minimum Gasteiger partial charge on any atom is -0.312 e. The van der Waals surface area contributed by atoms with Crippen molar-refractivity contribution < 1.29 is 0 Å². The Morgan fingerprint density at radius 2 is 2.18 bits per heavy atom. The Kier molecular flexibility index (Phi) is 3.26. The fourth-order valence-electron chi connectivity index (χ4n) is 1.49. The molecular weight excluding hydrogens is 154 g/mol. The molecule has 0 bridgehead atoms. The predicted molar refractivity (Wildman–Crippen MR) is 53.2 cm³/mol. The van der Waals surface area contributed by atoms with Crippen molar-refractivity contribution in [2.45, 2.75) is 33.2 Å². The normalized spacial score (nSPS) is 27.0. The first-order valence-corrected chi connectivity index (χ1v) is 5.54. The van der Waals surface area contributed by atoms with Gasteiger partial charge in [-0.3, -0.25) is 0 Å². The molecule has 1 N–H and O–H groups in total. The summed E-state index contributed by atoms with van der Waals surface area (Å²) in [4.78, 5) is 0. The second-order valence-electron chi connectivity index (χ2n) is 4.49. The molecule has 1 rings (SSSR count). The van der Waals surface area contributed by atoms with E-state index in [1.54, 1.807) is 0 Å². The van der Waals surface area contributed by atoms with Gasteiger partial charge < -0.3 is 5.32 Å². The molecule has 0 aromatic carbocycles. The molecule has 66 valence electrons. The molecule has 1 fully saturated rings. The first-order chi connectivity index (χ1) is 5.08. The number of thioether (sulfide) groups is 1. The van der Waals surface area contributed by atoms with Crippen LogP contribution >= 0.6 is 11.8 Å². The van der Waals surface area contributed by atoms with Crippen LogP contribution in [0.1, 0.15) is 27.2 Å². The van der Waals surface area contributed by atoms with Gasteiger partial charge in [-0.2, -0.15) is 11.8 Å². The van der Waals surface area contributed by atoms with Gasteiger partial charge in [-0.25, -0.2) is 0 Å². The molecule has 0 saturated carbocycles. The molecule has 2 heteroatoms. The number of nitrogens with one attached hydrogen (secondary N) is 1. The zero-order valence-electron chi connectivity index (χ0n) is 7.81. The van der Waals surface area contributed by atoms with Crippen LogP contribution in [0.3, 0.4) is 0 Å². The number of hydrogen-bond acceptors (Lipinski definition) is 2. The third-order valence-corrected chi connectivity index (χ3v) is 2.99. The number of hydrogen-bond donors (Lipinski definition) is 1. The van der Waals surface area contributed by atoms with Crippen LogP contribution < -0.4 is 5.32 Å². The van der Waals surface area contributed by atoms with Crippen LogP contribution in [0.25, 0.3) is 0 Å². The van der Waals surface area contributed by atoms with E-state index in [0.717, 1.165) is 6.04 Å². The number of rotatable bonds is 1. The minimum absolute atomic E-state index is 0.482. The maximum Gasteiger partial charge on any atom is 0.0163 e. The summed E-state index contributed by atoms with van der Waals surface area (Å²) in [6.45, 7) is 8.14. The Balaban J connectivity index is 2.24. The lowest BCUT2D eigenvalue weighted by molar-refractivity contribution is 0.323. The van der Waals surface area contributed by atoms with Crippen LogP contribution in [0.2, 0.25) is 0 Å². The lowest BCUT2D eigenvalue weighted by Gasteiger charge is -2.29. The third kappa shape index (κ3) is 4.02. The second-order valence-corrected chi connectivity index (χ2v) is 5.64. The summed E-state index contributed by atoms with van der Waals surface area (Å²) in [6.07, 6.45) is 1.31. The average Bonchev–Trinajstić information content (AvgIpc) is 1.85. The van der Waals surface area contributed by atoms with E-state index >= 15 is 0 Å². The van der Waals surface area contributed by atoms with Crippen LogP contribution in [-0.4, -0.2) is 24.1 Å². The molecule has 0 radical (unpaired) electrons. The van der Waals surface area contributed by atoms with Crippen molar-refractivity contribution >= 4 is 11.8 Å². The van der Waals surface area contributed by atoms with Crippen molar-refractivity contribution in [2.75, 3.05) is 18.1 Å². The van der Waals surface area contributed by atoms with Crippen molar-refractivity contribution in [1.29, 1.82) is 0 Å². The zero-order valence-corrected chi connectivity index (χ0v) is 8.63. The van der Waals surface area contributed by atoms with Crippen molar-refractivity contribution in [2.24, 2.45) is 5.41 Å². The zero-order chi connectivity index (χ0) is 8.32. The lowest BCUT2D eigenvalue weighted by Crippen LogP contribution is -2.39. The first-order valence-electron chi connectivity index (χ1n) is 4.39. The summed E-state index contributed by atoms with van der Waals surface area (Å²) in [5.74, 6) is 2.60. The largest absolute Gasteiger partial charge is 0.312 e. The molecule has 0 aromatic heterocycles. The molecule has 0 amide bonds. The van der Waals surface area contributed by atoms with E-state index in [4.69, 9.17) is 0 Å². The van der Waals surface area contributed by atoms with E-state index in [9.17, 15) is 0 Å². The average molecular weight is 173 g/mol. The van der Waals surface area contributed by atoms with E-state index in [2.05, 4.69) is 37.8 Å². The molecule has 1 nitrogen and oxygen atoms in total. The maximum absolute atomic E-state index is 3.55. The lowest BCUT2D eigenvalue weighted by atomic mass is 9.88. The van der Waals surface area contributed by atoms with Crippen molar-refractivity contribution in [3.63, 3.8) is 0 Å². The summed E-state index contributed by atoms with van der Waals surface area (Å²) in [5.41, 5.74) is 0.482. The summed E-state index contributed by atoms with van der Waals surface area (Å²) in [6, 6.07) is 0.758. The van der Waals surface area contributed by atoms with Crippen LogP contribution in [0.15, 0.2) is 0 Å². The maximum atomic E-state index is 3.55. The Labute approximate surface area is 74.3 Å². The van der Waals surface area contributed by atoms with Gasteiger partial charge in [-0.15, -0.1) is 0 Å². The highest BCUT2D eigenvalue weighted by Crippen LogP contribution is 2.23. The van der Waals surface area contributed by atoms with Gasteiger partial charge >= 0.3 is 0 Å². The predicted octanol–water partition coefficient (Wildman–Crippen LogP) is 2.13. The molecule has 1 heterocycles. The molecule has 1 unspecified atom stereocenters. The molecular formula is C9H19NS. The summed E-state index contributed by atoms with van der Waals surface area (Å²) in [5, 5.41) is 3.55. The van der Waals surface area contributed by atoms with Crippen LogP contribution in [-0.2, 0) is 0 Å². The van der Waals surface area contributed by atoms with E-state index in [1.165, 1.54) is 24.5 Å². The van der Waals surface area contributed by atoms with Crippen LogP contribution in [0.5, 0.6) is 0 Å². The van der Waals surface area contributed by atoms with E-state index in [0.29, 0.717) is 5.41 Å². The van der Waals surface area contributed by atoms with Crippen molar-refractivity contribution in [1.82, 2.24) is 5.32 Å². The van der Waals surface area contributed by atoms with Gasteiger partial charge in [0.1, 0.15) is 0 Å². The Morgan fingerprint density at radius 1 is 1.45 bits per heavy atom. The van der Waals surface area contributed by atoms with E-state index in [1.807, 2.05) is 0 Å². The molecule has 11 heavy (non-hydrogen) atoms. The first kappa shape index (κ1) is 9.40. The molecule has 1 saturated heterocycles. The van der Waals surface area contributed by atoms with Gasteiger partial charge in [0.2, 0.25) is 0 Å². The summed E-state index contributed by atoms with van der Waals surface area (Å²) < 4.78 is 0. The fourth-order valence-corrected chi connectivity index (χ4v) is 2.44. The molecule has 0 aliphatic carbocycles. The van der Waals surface area contributed by atoms with Crippen LogP contribution in [0.4, 0.5) is 0 Å². The third-order valence-electron chi connectivity index (χ3n) is 1.86. The van der Waals surface area contributed by atoms with Crippen molar-refractivity contribution in [3.05, 3.63) is 0 Å². The Bertz CT molecular complexity index is 111. The Morgan fingerprint density at radius 3 is 2.64 bits per heavy atom. The quantitative estimate of drug-likeness (QED) is 0.652. The topological polar surface area (TPSA) is 12.0 Å². The van der Waals surface area contributed by atoms with Gasteiger partial charge in [-0.05, 0) is 11.8 Å². The highest BCUT2D eigenvalue weighted by atomic mass is 32.2. The smallest absolute Gasteiger partial charge is 0.0163 e. The fraction of sp³-hybridized carbons (Fsp3) is 1.00. The SMILES string of the molecule is CC(C)(C)CC1CSCCN1. The van der Waals surface area contributed by atoms with Gasteiger partial charge in [-0.1, -0.05) is 20.8 Å². The monoisotopic (exact) mass is 173 g/mol. The van der Waals surface area contributed by atoms with Gasteiger partial charge in [0.15, 0.2) is 0 Å². The summed E-state index contributed by atoms with van der Waals surface area (Å²) in [7, 11) is 0. The van der Waals surface area contributed by atoms with Gasteiger partial charge in [0.25, 0.3) is 0 Å². The molecule has 1 atom stereocenters. The van der Waals surface area contributed by atoms with Crippen molar-refractivity contribution in [3.8, 4) is 0 Å². The van der Waals surface area contributed by atoms with Gasteiger partial charge in [0.05, 0.1) is 0 Å². The molecule has 0 aromatic rings. The van der Waals surface area contributed by atoms with Gasteiger partial charge in [0, 0.05) is 24.1 Å². The summed E-state index contributed by atoms with van der Waals surface area (Å²) >= 11 is 2.08. The Hall–Kier alpha value is 0.310. The standard InChI is InChI=1S/C9H19NS/c1-9(2,3)6-8-7-11-5-4-10-8/h8,10H,4-7H2,1-3H3. The minimum atomic E-state index is 0.482. The van der Waals surface area contributed by atoms with E-state index < -0.39 is 0 Å². The van der Waals surface area contributed by atoms with E-state index in [-0.39, 0.29) is 0 Å². The molecule has 0 spiro atoms. The molecule has 1 aliphatic rings.